The normalized spacial score (nSPS) is 19.2. The maximum Gasteiger partial charge on any atom is 0.230 e. The Bertz CT molecular complexity index is 743. The summed E-state index contributed by atoms with van der Waals surface area (Å²) in [5.41, 5.74) is 1.86. The fourth-order valence-corrected chi connectivity index (χ4v) is 2.84. The van der Waals surface area contributed by atoms with Gasteiger partial charge in [0.2, 0.25) is 11.8 Å². The van der Waals surface area contributed by atoms with Crippen LogP contribution in [-0.4, -0.2) is 27.3 Å². The first-order valence-electron chi connectivity index (χ1n) is 7.43. The van der Waals surface area contributed by atoms with Crippen molar-refractivity contribution in [1.29, 1.82) is 0 Å². The molecule has 0 spiro atoms. The van der Waals surface area contributed by atoms with Crippen molar-refractivity contribution in [2.75, 3.05) is 5.32 Å². The van der Waals surface area contributed by atoms with Crippen LogP contribution in [-0.2, 0) is 9.59 Å². The number of pyridine rings is 2. The van der Waals surface area contributed by atoms with Gasteiger partial charge >= 0.3 is 0 Å². The zero-order chi connectivity index (χ0) is 16.4. The van der Waals surface area contributed by atoms with E-state index in [1.165, 1.54) is 0 Å². The molecule has 2 amide bonds. The van der Waals surface area contributed by atoms with E-state index in [0.29, 0.717) is 5.69 Å². The Morgan fingerprint density at radius 2 is 1.91 bits per heavy atom. The summed E-state index contributed by atoms with van der Waals surface area (Å²) >= 11 is 0. The van der Waals surface area contributed by atoms with Crippen LogP contribution in [0.15, 0.2) is 43.0 Å². The number of hydrogen-bond donors (Lipinski definition) is 2. The molecule has 1 aliphatic heterocycles. The van der Waals surface area contributed by atoms with Gasteiger partial charge in [-0.25, -0.2) is 0 Å². The lowest BCUT2D eigenvalue weighted by Crippen LogP contribution is -2.44. The molecule has 0 bridgehead atoms. The highest BCUT2D eigenvalue weighted by atomic mass is 16.2. The molecule has 6 heteroatoms. The average Bonchev–Trinajstić information content (AvgIpc) is 2.81. The van der Waals surface area contributed by atoms with Crippen molar-refractivity contribution in [3.05, 3.63) is 43.0 Å². The molecule has 3 heterocycles. The third-order valence-corrected chi connectivity index (χ3v) is 4.11. The zero-order valence-corrected chi connectivity index (χ0v) is 13.0. The van der Waals surface area contributed by atoms with Crippen LogP contribution in [0.5, 0.6) is 0 Å². The minimum Gasteiger partial charge on any atom is -0.350 e. The van der Waals surface area contributed by atoms with Gasteiger partial charge in [-0.2, -0.15) is 0 Å². The summed E-state index contributed by atoms with van der Waals surface area (Å²) in [5, 5.41) is 5.77. The number of rotatable bonds is 3. The van der Waals surface area contributed by atoms with Gasteiger partial charge in [0.05, 0.1) is 11.6 Å². The lowest BCUT2D eigenvalue weighted by atomic mass is 9.88. The van der Waals surface area contributed by atoms with Crippen molar-refractivity contribution in [1.82, 2.24) is 15.3 Å². The Hall–Kier alpha value is -2.76. The van der Waals surface area contributed by atoms with Crippen LogP contribution in [0.1, 0.15) is 20.3 Å². The molecule has 6 nitrogen and oxygen atoms in total. The molecule has 0 radical (unpaired) electrons. The van der Waals surface area contributed by atoms with Gasteiger partial charge in [0, 0.05) is 42.3 Å². The fraction of sp³-hybridized carbons (Fsp3) is 0.294. The van der Waals surface area contributed by atoms with E-state index < -0.39 is 11.5 Å². The summed E-state index contributed by atoms with van der Waals surface area (Å²) in [6, 6.07) is 5.47. The van der Waals surface area contributed by atoms with E-state index in [9.17, 15) is 9.59 Å². The van der Waals surface area contributed by atoms with Gasteiger partial charge < -0.3 is 10.6 Å². The van der Waals surface area contributed by atoms with Crippen LogP contribution >= 0.6 is 0 Å². The van der Waals surface area contributed by atoms with Crippen LogP contribution in [0.4, 0.5) is 5.69 Å². The highest BCUT2D eigenvalue weighted by Gasteiger charge is 2.43. The first-order valence-corrected chi connectivity index (χ1v) is 7.43. The van der Waals surface area contributed by atoms with Gasteiger partial charge in [-0.1, -0.05) is 0 Å². The topological polar surface area (TPSA) is 84.0 Å². The van der Waals surface area contributed by atoms with Crippen LogP contribution in [0.3, 0.4) is 0 Å². The average molecular weight is 310 g/mol. The summed E-state index contributed by atoms with van der Waals surface area (Å²) in [7, 11) is 0. The summed E-state index contributed by atoms with van der Waals surface area (Å²) < 4.78 is 0. The zero-order valence-electron chi connectivity index (χ0n) is 13.0. The summed E-state index contributed by atoms with van der Waals surface area (Å²) in [6.45, 7) is 3.72. The Balaban J connectivity index is 1.87. The second-order valence-electron chi connectivity index (χ2n) is 6.17. The summed E-state index contributed by atoms with van der Waals surface area (Å²) in [6.07, 6.45) is 6.92. The largest absolute Gasteiger partial charge is 0.350 e. The predicted octanol–water partition coefficient (Wildman–Crippen LogP) is 2.00. The molecular weight excluding hydrogens is 292 g/mol. The van der Waals surface area contributed by atoms with E-state index in [2.05, 4.69) is 20.6 Å². The minimum atomic E-state index is -0.551. The van der Waals surface area contributed by atoms with Crippen molar-refractivity contribution >= 4 is 17.5 Å². The number of carbonyl (C=O) groups excluding carboxylic acids is 2. The molecule has 0 aromatic carbocycles. The first kappa shape index (κ1) is 15.1. The maximum atomic E-state index is 12.6. The van der Waals surface area contributed by atoms with Crippen LogP contribution in [0.25, 0.3) is 11.1 Å². The highest BCUT2D eigenvalue weighted by molar-refractivity contribution is 6.00. The molecule has 0 aliphatic carbocycles. The SMILES string of the molecule is CC1(C)NC(=O)CC1C(=O)Nc1ccncc1-c1ccncc1. The first-order chi connectivity index (χ1) is 11.0. The number of hydrogen-bond acceptors (Lipinski definition) is 4. The number of anilines is 1. The molecule has 23 heavy (non-hydrogen) atoms. The van der Waals surface area contributed by atoms with Crippen molar-refractivity contribution in [2.45, 2.75) is 25.8 Å². The van der Waals surface area contributed by atoms with Crippen LogP contribution in [0.2, 0.25) is 0 Å². The number of nitrogens with one attached hydrogen (secondary N) is 2. The second-order valence-corrected chi connectivity index (χ2v) is 6.17. The molecule has 1 unspecified atom stereocenters. The molecule has 1 fully saturated rings. The number of carbonyl (C=O) groups is 2. The quantitative estimate of drug-likeness (QED) is 0.908. The van der Waals surface area contributed by atoms with Crippen LogP contribution in [0, 0.1) is 5.92 Å². The van der Waals surface area contributed by atoms with E-state index in [-0.39, 0.29) is 18.2 Å². The molecule has 1 aliphatic rings. The lowest BCUT2D eigenvalue weighted by molar-refractivity contribution is -0.123. The summed E-state index contributed by atoms with van der Waals surface area (Å²) in [5.74, 6) is -0.678. The minimum absolute atomic E-state index is 0.0979. The molecule has 2 aromatic heterocycles. The van der Waals surface area contributed by atoms with Crippen molar-refractivity contribution in [3.8, 4) is 11.1 Å². The molecule has 118 valence electrons. The molecule has 2 aromatic rings. The van der Waals surface area contributed by atoms with Crippen molar-refractivity contribution < 1.29 is 9.59 Å². The highest BCUT2D eigenvalue weighted by Crippen LogP contribution is 2.31. The van der Waals surface area contributed by atoms with Gasteiger partial charge in [0.1, 0.15) is 0 Å². The third kappa shape index (κ3) is 3.06. The van der Waals surface area contributed by atoms with Gasteiger partial charge in [-0.05, 0) is 37.6 Å². The van der Waals surface area contributed by atoms with E-state index in [1.54, 1.807) is 30.9 Å². The molecule has 3 rings (SSSR count). The smallest absolute Gasteiger partial charge is 0.230 e. The van der Waals surface area contributed by atoms with Crippen LogP contribution < -0.4 is 10.6 Å². The predicted molar refractivity (Wildman–Crippen MR) is 86.4 cm³/mol. The number of amides is 2. The number of aromatic nitrogens is 2. The molecule has 1 saturated heterocycles. The fourth-order valence-electron chi connectivity index (χ4n) is 2.84. The second kappa shape index (κ2) is 5.79. The standard InChI is InChI=1S/C17H18N4O2/c1-17(2)13(9-15(22)21-17)16(23)20-14-5-8-19-10-12(14)11-3-6-18-7-4-11/h3-8,10,13H,9H2,1-2H3,(H,21,22)(H,19,20,23). The Morgan fingerprint density at radius 3 is 2.57 bits per heavy atom. The molecule has 1 atom stereocenters. The van der Waals surface area contributed by atoms with Gasteiger partial charge in [-0.15, -0.1) is 0 Å². The third-order valence-electron chi connectivity index (χ3n) is 4.11. The maximum absolute atomic E-state index is 12.6. The monoisotopic (exact) mass is 310 g/mol. The summed E-state index contributed by atoms with van der Waals surface area (Å²) in [4.78, 5) is 32.4. The Morgan fingerprint density at radius 1 is 1.22 bits per heavy atom. The van der Waals surface area contributed by atoms with E-state index in [1.807, 2.05) is 26.0 Å². The Labute approximate surface area is 134 Å². The van der Waals surface area contributed by atoms with E-state index >= 15 is 0 Å². The number of nitrogens with zero attached hydrogens (tertiary/aromatic N) is 2. The van der Waals surface area contributed by atoms with Gasteiger partial charge in [0.15, 0.2) is 0 Å². The van der Waals surface area contributed by atoms with Crippen molar-refractivity contribution in [3.63, 3.8) is 0 Å². The molecule has 0 saturated carbocycles. The molecule has 2 N–H and O–H groups in total. The van der Waals surface area contributed by atoms with Gasteiger partial charge in [-0.3, -0.25) is 19.6 Å². The molecular formula is C17H18N4O2. The lowest BCUT2D eigenvalue weighted by Gasteiger charge is -2.25. The Kier molecular flexibility index (Phi) is 3.82. The van der Waals surface area contributed by atoms with E-state index in [4.69, 9.17) is 0 Å². The van der Waals surface area contributed by atoms with Crippen molar-refractivity contribution in [2.24, 2.45) is 5.92 Å². The van der Waals surface area contributed by atoms with E-state index in [0.717, 1.165) is 11.1 Å². The van der Waals surface area contributed by atoms with Gasteiger partial charge in [0.25, 0.3) is 0 Å².